The maximum absolute atomic E-state index is 12.9. The van der Waals surface area contributed by atoms with Crippen molar-refractivity contribution in [2.24, 2.45) is 28.1 Å². The minimum atomic E-state index is -0.653. The van der Waals surface area contributed by atoms with Crippen LogP contribution in [-0.2, 0) is 26.2 Å². The summed E-state index contributed by atoms with van der Waals surface area (Å²) in [5.41, 5.74) is 1.21. The van der Waals surface area contributed by atoms with Gasteiger partial charge in [-0.15, -0.1) is 0 Å². The van der Waals surface area contributed by atoms with Crippen LogP contribution in [0, 0.1) is 28.1 Å². The van der Waals surface area contributed by atoms with Crippen molar-refractivity contribution in [3.05, 3.63) is 23.3 Å². The van der Waals surface area contributed by atoms with E-state index in [1.165, 1.54) is 11.1 Å². The lowest BCUT2D eigenvalue weighted by molar-refractivity contribution is -0.268. The van der Waals surface area contributed by atoms with Gasteiger partial charge in [-0.1, -0.05) is 6.07 Å². The summed E-state index contributed by atoms with van der Waals surface area (Å²) in [6.45, 7) is 2.08. The topological polar surface area (TPSA) is 73.9 Å². The van der Waals surface area contributed by atoms with E-state index < -0.39 is 11.0 Å². The van der Waals surface area contributed by atoms with E-state index in [1.54, 1.807) is 14.2 Å². The maximum Gasteiger partial charge on any atom is 0.223 e. The highest BCUT2D eigenvalue weighted by Crippen LogP contribution is 2.90. The minimum absolute atomic E-state index is 0.0628. The van der Waals surface area contributed by atoms with Crippen LogP contribution in [0.1, 0.15) is 56.6 Å². The lowest BCUT2D eigenvalue weighted by Crippen LogP contribution is -2.77. The first-order chi connectivity index (χ1) is 15.9. The summed E-state index contributed by atoms with van der Waals surface area (Å²) in [5.74, 6) is 2.49. The molecule has 1 N–H and O–H groups in total. The summed E-state index contributed by atoms with van der Waals surface area (Å²) >= 11 is 0. The molecular formula is C27H31NO5. The molecule has 4 bridgehead atoms. The normalized spacial score (nSPS) is 50.8. The summed E-state index contributed by atoms with van der Waals surface area (Å²) in [7, 11) is 3.46. The van der Waals surface area contributed by atoms with Crippen LogP contribution in [0.25, 0.3) is 0 Å². The molecule has 6 nitrogen and oxygen atoms in total. The van der Waals surface area contributed by atoms with E-state index >= 15 is 0 Å². The van der Waals surface area contributed by atoms with E-state index in [-0.39, 0.29) is 40.2 Å². The van der Waals surface area contributed by atoms with Crippen LogP contribution in [0.4, 0.5) is 0 Å². The highest BCUT2D eigenvalue weighted by atomic mass is 16.6. The molecule has 33 heavy (non-hydrogen) atoms. The zero-order valence-electron chi connectivity index (χ0n) is 19.5. The number of fused-ring (bicyclic) bond motifs is 2. The fraction of sp³-hybridized carbons (Fsp3) is 0.704. The molecule has 1 heterocycles. The van der Waals surface area contributed by atoms with Crippen molar-refractivity contribution in [1.82, 2.24) is 5.32 Å². The number of amides is 1. The molecule has 6 fully saturated rings. The summed E-state index contributed by atoms with van der Waals surface area (Å²) in [4.78, 5) is 25.6. The van der Waals surface area contributed by atoms with Gasteiger partial charge in [-0.25, -0.2) is 0 Å². The highest BCUT2D eigenvalue weighted by Gasteiger charge is 2.93. The standard InChI is InChI=1S/C27H31NO5/c1-23(13-29)11-25-8-9-27(23,32-3)22-26(25)12-24(19(25)20(24)28-21(30)14-4-5-14)10-15-6-7-16(31-2)18(33-22)17(15)26/h6-7,13-14,19-20,22H,4-5,8-12H2,1-3H3,(H,28,30)/t19-,20?,22-,23+,24?,25-,26+,27+/m1/s1. The molecule has 1 aromatic rings. The van der Waals surface area contributed by atoms with Gasteiger partial charge in [-0.05, 0) is 74.8 Å². The van der Waals surface area contributed by atoms with Crippen LogP contribution < -0.4 is 14.8 Å². The Balaban J connectivity index is 1.38. The summed E-state index contributed by atoms with van der Waals surface area (Å²) in [6, 6.07) is 4.47. The van der Waals surface area contributed by atoms with Crippen LogP contribution in [0.2, 0.25) is 0 Å². The third kappa shape index (κ3) is 1.68. The summed E-state index contributed by atoms with van der Waals surface area (Å²) in [6.07, 6.45) is 7.59. The third-order valence-electron chi connectivity index (χ3n) is 11.5. The van der Waals surface area contributed by atoms with E-state index in [0.717, 1.165) is 62.7 Å². The lowest BCUT2D eigenvalue weighted by atomic mass is 9.36. The number of nitrogens with one attached hydrogen (secondary N) is 1. The van der Waals surface area contributed by atoms with Crippen LogP contribution >= 0.6 is 0 Å². The highest BCUT2D eigenvalue weighted by molar-refractivity contribution is 5.82. The van der Waals surface area contributed by atoms with Crippen LogP contribution in [0.3, 0.4) is 0 Å². The zero-order chi connectivity index (χ0) is 22.6. The summed E-state index contributed by atoms with van der Waals surface area (Å²) < 4.78 is 19.0. The largest absolute Gasteiger partial charge is 0.493 e. The molecule has 2 unspecified atom stereocenters. The zero-order valence-corrected chi connectivity index (χ0v) is 19.5. The van der Waals surface area contributed by atoms with Crippen molar-refractivity contribution in [1.29, 1.82) is 0 Å². The molecule has 174 valence electrons. The number of hydrogen-bond donors (Lipinski definition) is 1. The lowest BCUT2D eigenvalue weighted by Gasteiger charge is -2.69. The van der Waals surface area contributed by atoms with Gasteiger partial charge in [-0.3, -0.25) is 4.79 Å². The predicted octanol–water partition coefficient (Wildman–Crippen LogP) is 2.94. The Morgan fingerprint density at radius 1 is 1.21 bits per heavy atom. The number of carbonyl (C=O) groups excluding carboxylic acids is 2. The van der Waals surface area contributed by atoms with Crippen LogP contribution in [-0.4, -0.2) is 44.2 Å². The first-order valence-electron chi connectivity index (χ1n) is 12.6. The fourth-order valence-electron chi connectivity index (χ4n) is 10.3. The maximum atomic E-state index is 12.9. The van der Waals surface area contributed by atoms with Crippen molar-refractivity contribution in [3.63, 3.8) is 0 Å². The van der Waals surface area contributed by atoms with Gasteiger partial charge >= 0.3 is 0 Å². The van der Waals surface area contributed by atoms with Gasteiger partial charge in [-0.2, -0.15) is 0 Å². The van der Waals surface area contributed by atoms with Gasteiger partial charge in [0, 0.05) is 35.5 Å². The molecule has 1 amide bonds. The second-order valence-electron chi connectivity index (χ2n) is 12.4. The third-order valence-corrected chi connectivity index (χ3v) is 11.5. The van der Waals surface area contributed by atoms with E-state index in [9.17, 15) is 9.59 Å². The number of rotatable bonds is 5. The molecule has 6 heteroatoms. The van der Waals surface area contributed by atoms with Crippen LogP contribution in [0.5, 0.6) is 11.5 Å². The van der Waals surface area contributed by atoms with Gasteiger partial charge < -0.3 is 24.3 Å². The molecule has 8 aliphatic rings. The average molecular weight is 450 g/mol. The molecule has 0 saturated heterocycles. The summed E-state index contributed by atoms with van der Waals surface area (Å²) in [5, 5.41) is 3.50. The number of carbonyl (C=O) groups is 2. The molecular weight excluding hydrogens is 418 g/mol. The first kappa shape index (κ1) is 19.2. The quantitative estimate of drug-likeness (QED) is 0.700. The van der Waals surface area contributed by atoms with Gasteiger partial charge in [0.1, 0.15) is 18.0 Å². The molecule has 1 aliphatic heterocycles. The second kappa shape index (κ2) is 5.27. The monoisotopic (exact) mass is 449 g/mol. The Morgan fingerprint density at radius 3 is 2.73 bits per heavy atom. The minimum Gasteiger partial charge on any atom is -0.493 e. The molecule has 8 atom stereocenters. The van der Waals surface area contributed by atoms with E-state index in [1.807, 2.05) is 6.07 Å². The van der Waals surface area contributed by atoms with Crippen molar-refractivity contribution in [2.75, 3.05) is 14.2 Å². The number of benzene rings is 1. The smallest absolute Gasteiger partial charge is 0.223 e. The van der Waals surface area contributed by atoms with Gasteiger partial charge in [0.05, 0.1) is 12.5 Å². The van der Waals surface area contributed by atoms with Crippen LogP contribution in [0.15, 0.2) is 12.1 Å². The number of hydrogen-bond acceptors (Lipinski definition) is 5. The Morgan fingerprint density at radius 2 is 2.03 bits per heavy atom. The SMILES string of the molecule is COc1ccc2c3c1O[C@H]1[C@@]4(OC)CC[C@@]5(C[C@@]4(C)C=O)[C@@H]4C(NC(=O)C6CC6)C4(C2)C[C@]315. The van der Waals surface area contributed by atoms with E-state index in [0.29, 0.717) is 5.92 Å². The van der Waals surface area contributed by atoms with Crippen molar-refractivity contribution in [2.45, 2.75) is 75.0 Å². The van der Waals surface area contributed by atoms with Gasteiger partial charge in [0.2, 0.25) is 5.91 Å². The molecule has 1 aromatic carbocycles. The number of ether oxygens (including phenoxy) is 3. The number of aldehydes is 1. The molecule has 6 saturated carbocycles. The number of methoxy groups -OCH3 is 2. The molecule has 9 rings (SSSR count). The fourth-order valence-corrected chi connectivity index (χ4v) is 10.3. The van der Waals surface area contributed by atoms with Gasteiger partial charge in [0.25, 0.3) is 0 Å². The Hall–Kier alpha value is -2.08. The Kier molecular flexibility index (Phi) is 3.07. The molecule has 0 aromatic heterocycles. The van der Waals surface area contributed by atoms with Gasteiger partial charge in [0.15, 0.2) is 11.5 Å². The van der Waals surface area contributed by atoms with Crippen molar-refractivity contribution >= 4 is 12.2 Å². The Bertz CT molecular complexity index is 1160. The Labute approximate surface area is 193 Å². The first-order valence-corrected chi connectivity index (χ1v) is 12.6. The molecule has 0 radical (unpaired) electrons. The van der Waals surface area contributed by atoms with Crippen molar-refractivity contribution < 1.29 is 23.8 Å². The molecule has 3 spiro atoms. The second-order valence-corrected chi connectivity index (χ2v) is 12.4. The predicted molar refractivity (Wildman–Crippen MR) is 118 cm³/mol. The average Bonchev–Trinajstić information content (AvgIpc) is 3.70. The molecule has 7 aliphatic carbocycles. The van der Waals surface area contributed by atoms with E-state index in [4.69, 9.17) is 14.2 Å². The van der Waals surface area contributed by atoms with Crippen molar-refractivity contribution in [3.8, 4) is 11.5 Å². The van der Waals surface area contributed by atoms with E-state index in [2.05, 4.69) is 18.3 Å².